The maximum absolute atomic E-state index is 12.2. The molecule has 4 heteroatoms. The Kier molecular flexibility index (Phi) is 6.75. The average molecular weight is 323 g/mol. The van der Waals surface area contributed by atoms with Crippen molar-refractivity contribution in [2.75, 3.05) is 19.6 Å². The zero-order chi connectivity index (χ0) is 14.3. The molecule has 0 unspecified atom stereocenters. The molecule has 0 atom stereocenters. The van der Waals surface area contributed by atoms with Crippen molar-refractivity contribution in [3.63, 3.8) is 0 Å². The van der Waals surface area contributed by atoms with Gasteiger partial charge in [-0.3, -0.25) is 9.69 Å². The van der Waals surface area contributed by atoms with Gasteiger partial charge in [0.2, 0.25) is 0 Å². The Balaban J connectivity index is 2.64. The number of halogens is 1. The van der Waals surface area contributed by atoms with Crippen LogP contribution in [0.15, 0.2) is 28.7 Å². The van der Waals surface area contributed by atoms with Gasteiger partial charge in [0.25, 0.3) is 0 Å². The van der Waals surface area contributed by atoms with E-state index in [1.165, 1.54) is 0 Å². The second-order valence-corrected chi connectivity index (χ2v) is 5.88. The summed E-state index contributed by atoms with van der Waals surface area (Å²) in [7, 11) is 0. The third-order valence-electron chi connectivity index (χ3n) is 2.70. The normalized spacial score (nSPS) is 10.7. The Morgan fingerprint density at radius 3 is 2.53 bits per heavy atom. The van der Waals surface area contributed by atoms with Crippen LogP contribution in [0.5, 0.6) is 0 Å². The van der Waals surface area contributed by atoms with Crippen LogP contribution in [0.25, 0.3) is 0 Å². The minimum Gasteiger partial charge on any atom is -0.295 e. The first kappa shape index (κ1) is 15.9. The Bertz CT molecular complexity index is 448. The standard InChI is InChI=1S/C15H19BrN2O/c1-12(2)10-18(9-3-8-17)11-15(19)13-4-6-14(16)7-5-13/h4-7,12H,3,9-11H2,1-2H3. The van der Waals surface area contributed by atoms with Crippen molar-refractivity contribution in [1.82, 2.24) is 4.90 Å². The summed E-state index contributed by atoms with van der Waals surface area (Å²) in [6.45, 7) is 6.09. The Morgan fingerprint density at radius 2 is 2.00 bits per heavy atom. The highest BCUT2D eigenvalue weighted by Gasteiger charge is 2.13. The van der Waals surface area contributed by atoms with Crippen LogP contribution in [-0.2, 0) is 0 Å². The Hall–Kier alpha value is -1.18. The lowest BCUT2D eigenvalue weighted by molar-refractivity contribution is 0.0924. The predicted octanol–water partition coefficient (Wildman–Crippen LogP) is 3.50. The molecule has 0 amide bonds. The third kappa shape index (κ3) is 6.00. The van der Waals surface area contributed by atoms with Crippen LogP contribution in [0.4, 0.5) is 0 Å². The van der Waals surface area contributed by atoms with E-state index in [4.69, 9.17) is 5.26 Å². The number of benzene rings is 1. The molecule has 0 saturated carbocycles. The zero-order valence-corrected chi connectivity index (χ0v) is 13.0. The lowest BCUT2D eigenvalue weighted by Crippen LogP contribution is -2.33. The molecule has 19 heavy (non-hydrogen) atoms. The molecule has 0 aliphatic heterocycles. The van der Waals surface area contributed by atoms with Crippen LogP contribution in [0.1, 0.15) is 30.6 Å². The van der Waals surface area contributed by atoms with Gasteiger partial charge in [-0.15, -0.1) is 0 Å². The minimum atomic E-state index is 0.103. The maximum atomic E-state index is 12.2. The van der Waals surface area contributed by atoms with Gasteiger partial charge in [-0.25, -0.2) is 0 Å². The molecule has 1 aromatic rings. The summed E-state index contributed by atoms with van der Waals surface area (Å²) in [6.07, 6.45) is 0.459. The summed E-state index contributed by atoms with van der Waals surface area (Å²) >= 11 is 3.35. The van der Waals surface area contributed by atoms with Crippen LogP contribution in [0.2, 0.25) is 0 Å². The summed E-state index contributed by atoms with van der Waals surface area (Å²) in [5.41, 5.74) is 0.717. The molecule has 0 saturated heterocycles. The van der Waals surface area contributed by atoms with Crippen LogP contribution in [0.3, 0.4) is 0 Å². The van der Waals surface area contributed by atoms with E-state index in [1.54, 1.807) is 0 Å². The second-order valence-electron chi connectivity index (χ2n) is 4.97. The van der Waals surface area contributed by atoms with E-state index in [-0.39, 0.29) is 5.78 Å². The zero-order valence-electron chi connectivity index (χ0n) is 11.4. The molecule has 0 aliphatic carbocycles. The first-order valence-corrected chi connectivity index (χ1v) is 7.20. The largest absolute Gasteiger partial charge is 0.295 e. The van der Waals surface area contributed by atoms with Crippen molar-refractivity contribution < 1.29 is 4.79 Å². The molecule has 0 aromatic heterocycles. The van der Waals surface area contributed by atoms with Crippen molar-refractivity contribution in [2.24, 2.45) is 5.92 Å². The molecule has 0 radical (unpaired) electrons. The fourth-order valence-electron chi connectivity index (χ4n) is 1.89. The van der Waals surface area contributed by atoms with E-state index in [0.717, 1.165) is 11.0 Å². The Morgan fingerprint density at radius 1 is 1.37 bits per heavy atom. The van der Waals surface area contributed by atoms with Gasteiger partial charge in [0, 0.05) is 29.5 Å². The molecule has 1 aromatic carbocycles. The first-order chi connectivity index (χ1) is 9.02. The van der Waals surface area contributed by atoms with Gasteiger partial charge in [-0.05, 0) is 18.1 Å². The summed E-state index contributed by atoms with van der Waals surface area (Å²) in [5.74, 6) is 0.586. The van der Waals surface area contributed by atoms with Crippen molar-refractivity contribution in [1.29, 1.82) is 5.26 Å². The number of Topliss-reactive ketones (excluding diaryl/α,β-unsaturated/α-hetero) is 1. The van der Waals surface area contributed by atoms with Crippen molar-refractivity contribution in [3.05, 3.63) is 34.3 Å². The van der Waals surface area contributed by atoms with Gasteiger partial charge >= 0.3 is 0 Å². The van der Waals surface area contributed by atoms with Crippen molar-refractivity contribution >= 4 is 21.7 Å². The monoisotopic (exact) mass is 322 g/mol. The summed E-state index contributed by atoms with van der Waals surface area (Å²) in [4.78, 5) is 14.2. The van der Waals surface area contributed by atoms with Crippen LogP contribution in [0, 0.1) is 17.2 Å². The van der Waals surface area contributed by atoms with E-state index in [0.29, 0.717) is 31.0 Å². The number of hydrogen-bond acceptors (Lipinski definition) is 3. The smallest absolute Gasteiger partial charge is 0.176 e. The highest BCUT2D eigenvalue weighted by molar-refractivity contribution is 9.10. The summed E-state index contributed by atoms with van der Waals surface area (Å²) in [6, 6.07) is 9.52. The van der Waals surface area contributed by atoms with Gasteiger partial charge in [-0.2, -0.15) is 5.26 Å². The number of carbonyl (C=O) groups is 1. The van der Waals surface area contributed by atoms with Gasteiger partial charge in [0.1, 0.15) is 0 Å². The van der Waals surface area contributed by atoms with Crippen molar-refractivity contribution in [2.45, 2.75) is 20.3 Å². The number of nitrogens with zero attached hydrogens (tertiary/aromatic N) is 2. The van der Waals surface area contributed by atoms with Gasteiger partial charge in [0.05, 0.1) is 12.6 Å². The topological polar surface area (TPSA) is 44.1 Å². The van der Waals surface area contributed by atoms with E-state index in [9.17, 15) is 4.79 Å². The molecule has 0 aliphatic rings. The van der Waals surface area contributed by atoms with Gasteiger partial charge < -0.3 is 0 Å². The highest BCUT2D eigenvalue weighted by atomic mass is 79.9. The highest BCUT2D eigenvalue weighted by Crippen LogP contribution is 2.12. The van der Waals surface area contributed by atoms with E-state index < -0.39 is 0 Å². The number of nitriles is 1. The van der Waals surface area contributed by atoms with Gasteiger partial charge in [0.15, 0.2) is 5.78 Å². The molecule has 0 spiro atoms. The molecular weight excluding hydrogens is 304 g/mol. The molecule has 0 bridgehead atoms. The molecule has 0 heterocycles. The lowest BCUT2D eigenvalue weighted by atomic mass is 10.1. The minimum absolute atomic E-state index is 0.103. The second kappa shape index (κ2) is 8.08. The molecule has 0 fully saturated rings. The van der Waals surface area contributed by atoms with Gasteiger partial charge in [-0.1, -0.05) is 41.9 Å². The molecular formula is C15H19BrN2O. The lowest BCUT2D eigenvalue weighted by Gasteiger charge is -2.22. The van der Waals surface area contributed by atoms with E-state index in [2.05, 4.69) is 40.7 Å². The van der Waals surface area contributed by atoms with Crippen LogP contribution < -0.4 is 0 Å². The summed E-state index contributed by atoms with van der Waals surface area (Å²) < 4.78 is 0.965. The number of rotatable bonds is 7. The molecule has 102 valence electrons. The van der Waals surface area contributed by atoms with E-state index >= 15 is 0 Å². The molecule has 0 N–H and O–H groups in total. The van der Waals surface area contributed by atoms with Crippen molar-refractivity contribution in [3.8, 4) is 6.07 Å². The predicted molar refractivity (Wildman–Crippen MR) is 80.0 cm³/mol. The maximum Gasteiger partial charge on any atom is 0.176 e. The SMILES string of the molecule is CC(C)CN(CCC#N)CC(=O)c1ccc(Br)cc1. The van der Waals surface area contributed by atoms with Crippen LogP contribution >= 0.6 is 15.9 Å². The fourth-order valence-corrected chi connectivity index (χ4v) is 2.15. The first-order valence-electron chi connectivity index (χ1n) is 6.41. The number of carbonyl (C=O) groups excluding carboxylic acids is 1. The number of hydrogen-bond donors (Lipinski definition) is 0. The Labute approximate surface area is 123 Å². The van der Waals surface area contributed by atoms with E-state index in [1.807, 2.05) is 24.3 Å². The summed E-state index contributed by atoms with van der Waals surface area (Å²) in [5, 5.41) is 8.66. The average Bonchev–Trinajstić information content (AvgIpc) is 2.36. The number of ketones is 1. The molecule has 3 nitrogen and oxygen atoms in total. The fraction of sp³-hybridized carbons (Fsp3) is 0.467. The van der Waals surface area contributed by atoms with Crippen LogP contribution in [-0.4, -0.2) is 30.3 Å². The third-order valence-corrected chi connectivity index (χ3v) is 3.23. The molecule has 1 rings (SSSR count). The quantitative estimate of drug-likeness (QED) is 0.721.